The SMILES string of the molecule is CCOc1cc(-c2ccc(C3=CCN(Cc4ccc(OC)nc4)CC3)nc2)c2c(C#N)cnn2c1. The van der Waals surface area contributed by atoms with Gasteiger partial charge in [0.15, 0.2) is 0 Å². The molecule has 0 saturated carbocycles. The van der Waals surface area contributed by atoms with E-state index in [1.807, 2.05) is 31.5 Å². The number of aromatic nitrogens is 4. The topological polar surface area (TPSA) is 88.6 Å². The molecule has 0 atom stereocenters. The fourth-order valence-corrected chi connectivity index (χ4v) is 4.36. The maximum atomic E-state index is 9.55. The first kappa shape index (κ1) is 22.6. The normalized spacial score (nSPS) is 13.9. The molecule has 176 valence electrons. The van der Waals surface area contributed by atoms with Gasteiger partial charge in [0.25, 0.3) is 0 Å². The minimum absolute atomic E-state index is 0.522. The second-order valence-corrected chi connectivity index (χ2v) is 8.34. The van der Waals surface area contributed by atoms with Crippen LogP contribution < -0.4 is 9.47 Å². The van der Waals surface area contributed by atoms with E-state index in [2.05, 4.69) is 45.3 Å². The zero-order chi connectivity index (χ0) is 24.2. The quantitative estimate of drug-likeness (QED) is 0.400. The van der Waals surface area contributed by atoms with Crippen molar-refractivity contribution in [3.63, 3.8) is 0 Å². The average Bonchev–Trinajstić information content (AvgIpc) is 3.33. The zero-order valence-electron chi connectivity index (χ0n) is 19.8. The molecule has 0 fully saturated rings. The van der Waals surface area contributed by atoms with Crippen molar-refractivity contribution in [2.24, 2.45) is 0 Å². The van der Waals surface area contributed by atoms with Crippen molar-refractivity contribution in [3.05, 3.63) is 78.0 Å². The maximum absolute atomic E-state index is 9.55. The first-order chi connectivity index (χ1) is 17.2. The number of nitrogens with zero attached hydrogens (tertiary/aromatic N) is 6. The van der Waals surface area contributed by atoms with Crippen LogP contribution in [0.5, 0.6) is 11.6 Å². The number of ether oxygens (including phenoxy) is 2. The van der Waals surface area contributed by atoms with Gasteiger partial charge in [-0.3, -0.25) is 9.88 Å². The van der Waals surface area contributed by atoms with Gasteiger partial charge < -0.3 is 9.47 Å². The average molecular weight is 467 g/mol. The fraction of sp³-hybridized carbons (Fsp3) is 0.259. The molecule has 0 saturated heterocycles. The van der Waals surface area contributed by atoms with Crippen LogP contribution in [0.1, 0.15) is 30.2 Å². The Morgan fingerprint density at radius 1 is 1.11 bits per heavy atom. The molecular weight excluding hydrogens is 440 g/mol. The number of hydrogen-bond acceptors (Lipinski definition) is 7. The second-order valence-electron chi connectivity index (χ2n) is 8.34. The fourth-order valence-electron chi connectivity index (χ4n) is 4.36. The molecule has 0 spiro atoms. The maximum Gasteiger partial charge on any atom is 0.212 e. The summed E-state index contributed by atoms with van der Waals surface area (Å²) in [6.45, 7) is 5.17. The monoisotopic (exact) mass is 466 g/mol. The summed E-state index contributed by atoms with van der Waals surface area (Å²) in [7, 11) is 1.62. The molecule has 5 heterocycles. The Morgan fingerprint density at radius 2 is 2.03 bits per heavy atom. The van der Waals surface area contributed by atoms with Crippen molar-refractivity contribution in [3.8, 4) is 28.8 Å². The number of nitriles is 1. The Hall–Kier alpha value is -4.22. The molecule has 8 heteroatoms. The van der Waals surface area contributed by atoms with Gasteiger partial charge in [-0.2, -0.15) is 10.4 Å². The van der Waals surface area contributed by atoms with Crippen LogP contribution in [0.2, 0.25) is 0 Å². The highest BCUT2D eigenvalue weighted by Gasteiger charge is 2.17. The molecular formula is C27H26N6O2. The molecule has 5 rings (SSSR count). The van der Waals surface area contributed by atoms with Crippen molar-refractivity contribution in [2.75, 3.05) is 26.8 Å². The van der Waals surface area contributed by atoms with Crippen molar-refractivity contribution in [2.45, 2.75) is 19.9 Å². The Labute approximate surface area is 204 Å². The predicted molar refractivity (Wildman–Crippen MR) is 133 cm³/mol. The Kier molecular flexibility index (Phi) is 6.42. The summed E-state index contributed by atoms with van der Waals surface area (Å²) in [4.78, 5) is 11.4. The predicted octanol–water partition coefficient (Wildman–Crippen LogP) is 4.36. The number of hydrogen-bond donors (Lipinski definition) is 0. The van der Waals surface area contributed by atoms with E-state index < -0.39 is 0 Å². The van der Waals surface area contributed by atoms with Crippen LogP contribution in [-0.4, -0.2) is 51.3 Å². The van der Waals surface area contributed by atoms with E-state index in [1.165, 1.54) is 11.1 Å². The molecule has 0 N–H and O–H groups in total. The van der Waals surface area contributed by atoms with Gasteiger partial charge in [0, 0.05) is 49.2 Å². The van der Waals surface area contributed by atoms with Crippen LogP contribution in [-0.2, 0) is 6.54 Å². The summed E-state index contributed by atoms with van der Waals surface area (Å²) in [6.07, 6.45) is 10.3. The second kappa shape index (κ2) is 9.95. The minimum Gasteiger partial charge on any atom is -0.492 e. The smallest absolute Gasteiger partial charge is 0.212 e. The standard InChI is InChI=1S/C27H26N6O2/c1-3-35-23-12-24(27-22(13-28)16-31-33(27)18-23)21-5-6-25(29-15-21)20-8-10-32(11-9-20)17-19-4-7-26(34-2)30-14-19/h4-8,12,14-16,18H,3,9-11,17H2,1-2H3. The van der Waals surface area contributed by atoms with Gasteiger partial charge in [0.2, 0.25) is 5.88 Å². The molecule has 0 aromatic carbocycles. The van der Waals surface area contributed by atoms with Crippen molar-refractivity contribution in [1.82, 2.24) is 24.5 Å². The Balaban J connectivity index is 1.34. The van der Waals surface area contributed by atoms with E-state index in [0.29, 0.717) is 23.8 Å². The molecule has 1 aliphatic heterocycles. The third-order valence-corrected chi connectivity index (χ3v) is 6.13. The number of methoxy groups -OCH3 is 1. The number of pyridine rings is 3. The van der Waals surface area contributed by atoms with E-state index in [1.54, 1.807) is 24.0 Å². The number of rotatable bonds is 7. The highest BCUT2D eigenvalue weighted by atomic mass is 16.5. The highest BCUT2D eigenvalue weighted by Crippen LogP contribution is 2.31. The van der Waals surface area contributed by atoms with Gasteiger partial charge in [-0.15, -0.1) is 0 Å². The number of fused-ring (bicyclic) bond motifs is 1. The highest BCUT2D eigenvalue weighted by molar-refractivity contribution is 5.85. The van der Waals surface area contributed by atoms with Gasteiger partial charge in [0.1, 0.15) is 11.8 Å². The van der Waals surface area contributed by atoms with Crippen LogP contribution in [0, 0.1) is 11.3 Å². The molecule has 4 aromatic heterocycles. The van der Waals surface area contributed by atoms with Gasteiger partial charge in [-0.05, 0) is 36.6 Å². The summed E-state index contributed by atoms with van der Waals surface area (Å²) >= 11 is 0. The van der Waals surface area contributed by atoms with Crippen molar-refractivity contribution >= 4 is 11.1 Å². The van der Waals surface area contributed by atoms with Crippen LogP contribution in [0.25, 0.3) is 22.2 Å². The first-order valence-corrected chi connectivity index (χ1v) is 11.6. The van der Waals surface area contributed by atoms with Gasteiger partial charge in [0.05, 0.1) is 42.9 Å². The van der Waals surface area contributed by atoms with E-state index in [-0.39, 0.29) is 0 Å². The summed E-state index contributed by atoms with van der Waals surface area (Å²) in [5.74, 6) is 1.33. The largest absolute Gasteiger partial charge is 0.492 e. The molecule has 0 bridgehead atoms. The summed E-state index contributed by atoms with van der Waals surface area (Å²) in [5.41, 5.74) is 6.47. The van der Waals surface area contributed by atoms with Crippen LogP contribution in [0.15, 0.2) is 61.2 Å². The molecule has 0 amide bonds. The molecule has 0 radical (unpaired) electrons. The zero-order valence-corrected chi connectivity index (χ0v) is 19.8. The summed E-state index contributed by atoms with van der Waals surface area (Å²) < 4.78 is 12.5. The third-order valence-electron chi connectivity index (χ3n) is 6.13. The van der Waals surface area contributed by atoms with E-state index in [9.17, 15) is 5.26 Å². The van der Waals surface area contributed by atoms with Gasteiger partial charge >= 0.3 is 0 Å². The molecule has 35 heavy (non-hydrogen) atoms. The molecule has 4 aromatic rings. The molecule has 8 nitrogen and oxygen atoms in total. The first-order valence-electron chi connectivity index (χ1n) is 11.6. The lowest BCUT2D eigenvalue weighted by Crippen LogP contribution is -2.28. The lowest BCUT2D eigenvalue weighted by molar-refractivity contribution is 0.293. The van der Waals surface area contributed by atoms with Crippen LogP contribution in [0.4, 0.5) is 0 Å². The molecule has 0 aliphatic carbocycles. The van der Waals surface area contributed by atoms with Crippen molar-refractivity contribution in [1.29, 1.82) is 5.26 Å². The third kappa shape index (κ3) is 4.72. The van der Waals surface area contributed by atoms with Crippen molar-refractivity contribution < 1.29 is 9.47 Å². The lowest BCUT2D eigenvalue weighted by Gasteiger charge is -2.26. The Bertz CT molecular complexity index is 1400. The van der Waals surface area contributed by atoms with Crippen LogP contribution in [0.3, 0.4) is 0 Å². The van der Waals surface area contributed by atoms with Gasteiger partial charge in [-0.1, -0.05) is 18.2 Å². The molecule has 0 unspecified atom stereocenters. The van der Waals surface area contributed by atoms with E-state index in [4.69, 9.17) is 14.5 Å². The Morgan fingerprint density at radius 3 is 2.69 bits per heavy atom. The molecule has 1 aliphatic rings. The summed E-state index contributed by atoms with van der Waals surface area (Å²) in [5, 5.41) is 13.9. The van der Waals surface area contributed by atoms with Crippen LogP contribution >= 0.6 is 0 Å². The lowest BCUT2D eigenvalue weighted by atomic mass is 10.0. The summed E-state index contributed by atoms with van der Waals surface area (Å²) in [6, 6.07) is 12.2. The minimum atomic E-state index is 0.522. The van der Waals surface area contributed by atoms with E-state index >= 15 is 0 Å². The van der Waals surface area contributed by atoms with Gasteiger partial charge in [-0.25, -0.2) is 9.50 Å². The van der Waals surface area contributed by atoms with E-state index in [0.717, 1.165) is 48.4 Å².